The summed E-state index contributed by atoms with van der Waals surface area (Å²) in [6.07, 6.45) is 4.84. The molecule has 108 valence electrons. The zero-order chi connectivity index (χ0) is 14.7. The van der Waals surface area contributed by atoms with Crippen molar-refractivity contribution in [2.45, 2.75) is 39.5 Å². The molecule has 4 heteroatoms. The van der Waals surface area contributed by atoms with Gasteiger partial charge in [-0.1, -0.05) is 26.0 Å². The number of allylic oxidation sites excluding steroid dienone is 2. The van der Waals surface area contributed by atoms with Crippen LogP contribution in [0.4, 0.5) is 0 Å². The van der Waals surface area contributed by atoms with Crippen LogP contribution in [0.2, 0.25) is 0 Å². The summed E-state index contributed by atoms with van der Waals surface area (Å²) in [4.78, 5) is 24.4. The Morgan fingerprint density at radius 3 is 1.58 bits per heavy atom. The molecule has 0 aromatic carbocycles. The minimum absolute atomic E-state index is 0.185. The summed E-state index contributed by atoms with van der Waals surface area (Å²) < 4.78 is 10.3. The molecule has 0 saturated heterocycles. The largest absolute Gasteiger partial charge is 0.465 e. The second-order valence-electron chi connectivity index (χ2n) is 4.34. The molecule has 0 amide bonds. The van der Waals surface area contributed by atoms with Crippen molar-refractivity contribution >= 4 is 11.9 Å². The number of esters is 2. The van der Waals surface area contributed by atoms with Crippen molar-refractivity contribution in [3.63, 3.8) is 0 Å². The fourth-order valence-corrected chi connectivity index (χ4v) is 1.66. The highest BCUT2D eigenvalue weighted by molar-refractivity contribution is 6.00. The minimum Gasteiger partial charge on any atom is -0.465 e. The SMILES string of the molecule is C=CCC(CC=C)(C(=O)OCCC)C(=O)OCCC. The number of rotatable bonds is 10. The van der Waals surface area contributed by atoms with Crippen molar-refractivity contribution in [3.8, 4) is 0 Å². The first kappa shape index (κ1) is 17.4. The monoisotopic (exact) mass is 268 g/mol. The lowest BCUT2D eigenvalue weighted by Gasteiger charge is -2.27. The Balaban J connectivity index is 5.14. The van der Waals surface area contributed by atoms with E-state index in [-0.39, 0.29) is 26.1 Å². The van der Waals surface area contributed by atoms with Crippen molar-refractivity contribution < 1.29 is 19.1 Å². The molecular formula is C15H24O4. The van der Waals surface area contributed by atoms with E-state index < -0.39 is 17.4 Å². The molecule has 0 rings (SSSR count). The van der Waals surface area contributed by atoms with E-state index in [4.69, 9.17) is 9.47 Å². The third-order valence-corrected chi connectivity index (χ3v) is 2.64. The minimum atomic E-state index is -1.34. The van der Waals surface area contributed by atoms with Crippen LogP contribution >= 0.6 is 0 Å². The molecule has 0 bridgehead atoms. The maximum Gasteiger partial charge on any atom is 0.324 e. The van der Waals surface area contributed by atoms with Gasteiger partial charge in [0.15, 0.2) is 5.41 Å². The Kier molecular flexibility index (Phi) is 8.58. The van der Waals surface area contributed by atoms with Crippen LogP contribution in [0, 0.1) is 5.41 Å². The lowest BCUT2D eigenvalue weighted by atomic mass is 9.81. The first-order valence-electron chi connectivity index (χ1n) is 6.65. The van der Waals surface area contributed by atoms with Gasteiger partial charge < -0.3 is 9.47 Å². The van der Waals surface area contributed by atoms with Crippen LogP contribution in [-0.2, 0) is 19.1 Å². The van der Waals surface area contributed by atoms with E-state index in [9.17, 15) is 9.59 Å². The quantitative estimate of drug-likeness (QED) is 0.347. The normalized spacial score (nSPS) is 10.6. The third kappa shape index (κ3) is 4.89. The average Bonchev–Trinajstić information content (AvgIpc) is 2.41. The Morgan fingerprint density at radius 1 is 0.947 bits per heavy atom. The smallest absolute Gasteiger partial charge is 0.324 e. The van der Waals surface area contributed by atoms with E-state index in [0.717, 1.165) is 0 Å². The lowest BCUT2D eigenvalue weighted by Crippen LogP contribution is -2.41. The van der Waals surface area contributed by atoms with Gasteiger partial charge in [-0.05, 0) is 25.7 Å². The molecule has 0 unspecified atom stereocenters. The molecule has 0 heterocycles. The Hall–Kier alpha value is -1.58. The second kappa shape index (κ2) is 9.36. The summed E-state index contributed by atoms with van der Waals surface area (Å²) in [6.45, 7) is 11.6. The highest BCUT2D eigenvalue weighted by Gasteiger charge is 2.46. The van der Waals surface area contributed by atoms with E-state index in [0.29, 0.717) is 12.8 Å². The maximum atomic E-state index is 12.2. The zero-order valence-electron chi connectivity index (χ0n) is 11.9. The third-order valence-electron chi connectivity index (χ3n) is 2.64. The Morgan fingerprint density at radius 2 is 1.32 bits per heavy atom. The second-order valence-corrected chi connectivity index (χ2v) is 4.34. The van der Waals surface area contributed by atoms with Crippen LogP contribution in [0.25, 0.3) is 0 Å². The van der Waals surface area contributed by atoms with Crippen LogP contribution < -0.4 is 0 Å². The molecule has 0 aromatic rings. The number of carbonyl (C=O) groups excluding carboxylic acids is 2. The van der Waals surface area contributed by atoms with Gasteiger partial charge in [-0.25, -0.2) is 0 Å². The number of ether oxygens (including phenoxy) is 2. The van der Waals surface area contributed by atoms with Gasteiger partial charge in [-0.15, -0.1) is 13.2 Å². The van der Waals surface area contributed by atoms with Gasteiger partial charge in [-0.2, -0.15) is 0 Å². The molecule has 0 aliphatic rings. The van der Waals surface area contributed by atoms with Crippen molar-refractivity contribution in [1.29, 1.82) is 0 Å². The predicted octanol–water partition coefficient (Wildman–Crippen LogP) is 3.03. The van der Waals surface area contributed by atoms with Crippen LogP contribution in [0.15, 0.2) is 25.3 Å². The first-order chi connectivity index (χ1) is 9.08. The molecular weight excluding hydrogens is 244 g/mol. The molecule has 0 radical (unpaired) electrons. The van der Waals surface area contributed by atoms with E-state index in [2.05, 4.69) is 13.2 Å². The van der Waals surface area contributed by atoms with Gasteiger partial charge >= 0.3 is 11.9 Å². The van der Waals surface area contributed by atoms with E-state index in [1.807, 2.05) is 13.8 Å². The van der Waals surface area contributed by atoms with Crippen molar-refractivity contribution in [3.05, 3.63) is 25.3 Å². The van der Waals surface area contributed by atoms with Crippen molar-refractivity contribution in [1.82, 2.24) is 0 Å². The summed E-state index contributed by atoms with van der Waals surface area (Å²) in [5.41, 5.74) is -1.34. The fourth-order valence-electron chi connectivity index (χ4n) is 1.66. The summed E-state index contributed by atoms with van der Waals surface area (Å²) in [5, 5.41) is 0. The zero-order valence-corrected chi connectivity index (χ0v) is 11.9. The molecule has 0 fully saturated rings. The van der Waals surface area contributed by atoms with Crippen LogP contribution in [-0.4, -0.2) is 25.2 Å². The molecule has 0 aromatic heterocycles. The topological polar surface area (TPSA) is 52.6 Å². The van der Waals surface area contributed by atoms with Crippen molar-refractivity contribution in [2.75, 3.05) is 13.2 Å². The molecule has 0 N–H and O–H groups in total. The highest BCUT2D eigenvalue weighted by Crippen LogP contribution is 2.31. The molecule has 0 saturated carbocycles. The number of hydrogen-bond acceptors (Lipinski definition) is 4. The first-order valence-corrected chi connectivity index (χ1v) is 6.65. The Bertz CT molecular complexity index is 288. The predicted molar refractivity (Wildman–Crippen MR) is 74.6 cm³/mol. The van der Waals surface area contributed by atoms with Gasteiger partial charge in [0.2, 0.25) is 0 Å². The van der Waals surface area contributed by atoms with Gasteiger partial charge in [0, 0.05) is 0 Å². The van der Waals surface area contributed by atoms with E-state index in [1.165, 1.54) is 12.2 Å². The van der Waals surface area contributed by atoms with Crippen LogP contribution in [0.5, 0.6) is 0 Å². The van der Waals surface area contributed by atoms with E-state index >= 15 is 0 Å². The molecule has 0 aliphatic heterocycles. The fraction of sp³-hybridized carbons (Fsp3) is 0.600. The van der Waals surface area contributed by atoms with Crippen molar-refractivity contribution in [2.24, 2.45) is 5.41 Å². The standard InChI is InChI=1S/C15H24O4/c1-5-9-15(10-6-2,13(16)18-11-7-3)14(17)19-12-8-4/h5-6H,1-2,7-12H2,3-4H3. The van der Waals surface area contributed by atoms with Gasteiger partial charge in [0.05, 0.1) is 13.2 Å². The van der Waals surface area contributed by atoms with Crippen LogP contribution in [0.3, 0.4) is 0 Å². The molecule has 19 heavy (non-hydrogen) atoms. The van der Waals surface area contributed by atoms with Gasteiger partial charge in [0.25, 0.3) is 0 Å². The summed E-state index contributed by atoms with van der Waals surface area (Å²) in [7, 11) is 0. The molecule has 4 nitrogen and oxygen atoms in total. The van der Waals surface area contributed by atoms with E-state index in [1.54, 1.807) is 0 Å². The maximum absolute atomic E-state index is 12.2. The summed E-state index contributed by atoms with van der Waals surface area (Å²) in [5.74, 6) is -1.12. The number of hydrogen-bond donors (Lipinski definition) is 0. The highest BCUT2D eigenvalue weighted by atomic mass is 16.6. The molecule has 0 atom stereocenters. The lowest BCUT2D eigenvalue weighted by molar-refractivity contribution is -0.172. The average molecular weight is 268 g/mol. The molecule has 0 aliphatic carbocycles. The Labute approximate surface area is 115 Å². The molecule has 0 spiro atoms. The van der Waals surface area contributed by atoms with Gasteiger partial charge in [0.1, 0.15) is 0 Å². The number of carbonyl (C=O) groups is 2. The summed E-state index contributed by atoms with van der Waals surface area (Å²) >= 11 is 0. The summed E-state index contributed by atoms with van der Waals surface area (Å²) in [6, 6.07) is 0. The van der Waals surface area contributed by atoms with Crippen LogP contribution in [0.1, 0.15) is 39.5 Å². The van der Waals surface area contributed by atoms with Gasteiger partial charge in [-0.3, -0.25) is 9.59 Å².